The predicted molar refractivity (Wildman–Crippen MR) is 87.6 cm³/mol. The van der Waals surface area contributed by atoms with Crippen molar-refractivity contribution in [2.45, 2.75) is 19.4 Å². The van der Waals surface area contributed by atoms with Crippen LogP contribution in [0.4, 0.5) is 0 Å². The lowest BCUT2D eigenvalue weighted by Crippen LogP contribution is -2.49. The van der Waals surface area contributed by atoms with Crippen LogP contribution in [0.1, 0.15) is 29.0 Å². The zero-order valence-corrected chi connectivity index (χ0v) is 14.2. The molecular weight excluding hydrogens is 310 g/mol. The molecule has 0 unspecified atom stereocenters. The van der Waals surface area contributed by atoms with Gasteiger partial charge in [-0.1, -0.05) is 0 Å². The van der Waals surface area contributed by atoms with Gasteiger partial charge in [-0.3, -0.25) is 14.6 Å². The van der Waals surface area contributed by atoms with Crippen molar-refractivity contribution in [3.8, 4) is 0 Å². The van der Waals surface area contributed by atoms with Crippen LogP contribution in [0.15, 0.2) is 16.7 Å². The number of hydrogen-bond acceptors (Lipinski definition) is 6. The first-order valence-electron chi connectivity index (χ1n) is 8.54. The molecule has 2 aliphatic rings. The molecule has 1 aromatic rings. The normalized spacial score (nSPS) is 19.6. The third-order valence-corrected chi connectivity index (χ3v) is 4.80. The molecule has 2 saturated heterocycles. The lowest BCUT2D eigenvalue weighted by molar-refractivity contribution is -0.131. The van der Waals surface area contributed by atoms with Crippen LogP contribution in [0.2, 0.25) is 0 Å². The van der Waals surface area contributed by atoms with Gasteiger partial charge in [-0.15, -0.1) is 0 Å². The highest BCUT2D eigenvalue weighted by molar-refractivity contribution is 5.90. The van der Waals surface area contributed by atoms with Crippen molar-refractivity contribution >= 4 is 11.9 Å². The van der Waals surface area contributed by atoms with E-state index in [2.05, 4.69) is 9.80 Å². The molecule has 2 fully saturated rings. The van der Waals surface area contributed by atoms with E-state index in [1.165, 1.54) is 13.4 Å². The second kappa shape index (κ2) is 7.81. The van der Waals surface area contributed by atoms with Crippen molar-refractivity contribution in [3.63, 3.8) is 0 Å². The Morgan fingerprint density at radius 3 is 2.42 bits per heavy atom. The fourth-order valence-electron chi connectivity index (χ4n) is 3.32. The topological polar surface area (TPSA) is 66.2 Å². The minimum absolute atomic E-state index is 0.250. The molecule has 24 heavy (non-hydrogen) atoms. The summed E-state index contributed by atoms with van der Waals surface area (Å²) in [7, 11) is 1.37. The largest absolute Gasteiger partial charge is 0.467 e. The van der Waals surface area contributed by atoms with Crippen LogP contribution in [0, 0.1) is 0 Å². The monoisotopic (exact) mass is 335 g/mol. The maximum atomic E-state index is 12.2. The van der Waals surface area contributed by atoms with Crippen molar-refractivity contribution in [2.24, 2.45) is 0 Å². The number of hydrogen-bond donors (Lipinski definition) is 0. The van der Waals surface area contributed by atoms with Crippen molar-refractivity contribution < 1.29 is 18.7 Å². The lowest BCUT2D eigenvalue weighted by atomic mass is 10.2. The number of amides is 1. The summed E-state index contributed by atoms with van der Waals surface area (Å²) in [5.74, 6) is 0.525. The van der Waals surface area contributed by atoms with E-state index in [-0.39, 0.29) is 11.9 Å². The number of carbonyl (C=O) groups is 2. The first kappa shape index (κ1) is 17.0. The highest BCUT2D eigenvalue weighted by Crippen LogP contribution is 2.16. The van der Waals surface area contributed by atoms with Crippen LogP contribution in [0.3, 0.4) is 0 Å². The maximum Gasteiger partial charge on any atom is 0.341 e. The van der Waals surface area contributed by atoms with Crippen LogP contribution >= 0.6 is 0 Å². The Morgan fingerprint density at radius 1 is 1.08 bits per heavy atom. The number of ether oxygens (including phenoxy) is 1. The summed E-state index contributed by atoms with van der Waals surface area (Å²) >= 11 is 0. The Kier molecular flexibility index (Phi) is 5.52. The zero-order valence-electron chi connectivity index (χ0n) is 14.2. The Morgan fingerprint density at radius 2 is 1.75 bits per heavy atom. The summed E-state index contributed by atoms with van der Waals surface area (Å²) in [6, 6.07) is 1.64. The molecule has 0 aliphatic carbocycles. The summed E-state index contributed by atoms with van der Waals surface area (Å²) < 4.78 is 10.2. The third kappa shape index (κ3) is 3.96. The predicted octanol–water partition coefficient (Wildman–Crippen LogP) is 0.806. The van der Waals surface area contributed by atoms with Crippen molar-refractivity contribution in [1.82, 2.24) is 14.7 Å². The second-order valence-corrected chi connectivity index (χ2v) is 6.39. The van der Waals surface area contributed by atoms with Gasteiger partial charge in [-0.25, -0.2) is 4.79 Å². The van der Waals surface area contributed by atoms with Crippen LogP contribution in [0.25, 0.3) is 0 Å². The molecule has 132 valence electrons. The highest BCUT2D eigenvalue weighted by atomic mass is 16.5. The van der Waals surface area contributed by atoms with Gasteiger partial charge in [0.15, 0.2) is 0 Å². The van der Waals surface area contributed by atoms with Gasteiger partial charge in [0.2, 0.25) is 5.91 Å². The molecule has 0 aromatic carbocycles. The Bertz CT molecular complexity index is 572. The van der Waals surface area contributed by atoms with Gasteiger partial charge < -0.3 is 14.1 Å². The van der Waals surface area contributed by atoms with E-state index < -0.39 is 0 Å². The fourth-order valence-corrected chi connectivity index (χ4v) is 3.32. The Labute approximate surface area is 142 Å². The number of furan rings is 1. The third-order valence-electron chi connectivity index (χ3n) is 4.80. The van der Waals surface area contributed by atoms with E-state index in [4.69, 9.17) is 9.15 Å². The molecule has 0 spiro atoms. The number of carbonyl (C=O) groups excluding carboxylic acids is 2. The van der Waals surface area contributed by atoms with Gasteiger partial charge in [0.05, 0.1) is 26.5 Å². The number of piperazine rings is 1. The molecule has 0 atom stereocenters. The number of rotatable bonds is 5. The smallest absolute Gasteiger partial charge is 0.341 e. The number of nitrogens with zero attached hydrogens (tertiary/aromatic N) is 3. The van der Waals surface area contributed by atoms with E-state index in [0.29, 0.717) is 24.4 Å². The van der Waals surface area contributed by atoms with E-state index in [9.17, 15) is 9.59 Å². The quantitative estimate of drug-likeness (QED) is 0.742. The van der Waals surface area contributed by atoms with E-state index >= 15 is 0 Å². The highest BCUT2D eigenvalue weighted by Gasteiger charge is 2.25. The van der Waals surface area contributed by atoms with Gasteiger partial charge in [-0.2, -0.15) is 0 Å². The second-order valence-electron chi connectivity index (χ2n) is 6.39. The molecule has 0 bridgehead atoms. The molecule has 7 nitrogen and oxygen atoms in total. The molecule has 7 heteroatoms. The van der Waals surface area contributed by atoms with E-state index in [1.54, 1.807) is 6.07 Å². The lowest BCUT2D eigenvalue weighted by Gasteiger charge is -2.34. The summed E-state index contributed by atoms with van der Waals surface area (Å²) in [4.78, 5) is 30.3. The van der Waals surface area contributed by atoms with Crippen LogP contribution in [-0.4, -0.2) is 79.5 Å². The van der Waals surface area contributed by atoms with Gasteiger partial charge in [0, 0.05) is 39.3 Å². The van der Waals surface area contributed by atoms with Crippen LogP contribution in [-0.2, 0) is 16.1 Å². The van der Waals surface area contributed by atoms with Gasteiger partial charge >= 0.3 is 5.97 Å². The van der Waals surface area contributed by atoms with Crippen LogP contribution < -0.4 is 0 Å². The number of esters is 1. The fraction of sp³-hybridized carbons (Fsp3) is 0.647. The van der Waals surface area contributed by atoms with E-state index in [0.717, 1.165) is 52.1 Å². The van der Waals surface area contributed by atoms with Crippen molar-refractivity contribution in [2.75, 3.05) is 52.9 Å². The van der Waals surface area contributed by atoms with Gasteiger partial charge in [-0.05, 0) is 18.9 Å². The molecule has 3 rings (SSSR count). The molecule has 0 saturated carbocycles. The standard InChI is InChI=1S/C17H25N3O4/c1-23-17(22)14-4-11-24-15(14)12-18-7-9-19(10-8-18)13-16(21)20-5-2-3-6-20/h4,11H,2-3,5-10,12-13H2,1H3. The first-order valence-corrected chi connectivity index (χ1v) is 8.54. The summed E-state index contributed by atoms with van der Waals surface area (Å²) in [6.07, 6.45) is 3.78. The molecule has 1 amide bonds. The molecule has 1 aromatic heterocycles. The van der Waals surface area contributed by atoms with Gasteiger partial charge in [0.1, 0.15) is 11.3 Å². The van der Waals surface area contributed by atoms with Crippen molar-refractivity contribution in [1.29, 1.82) is 0 Å². The Balaban J connectivity index is 1.46. The van der Waals surface area contributed by atoms with Crippen molar-refractivity contribution in [3.05, 3.63) is 23.7 Å². The molecular formula is C17H25N3O4. The molecule has 0 radical (unpaired) electrons. The average molecular weight is 335 g/mol. The summed E-state index contributed by atoms with van der Waals surface area (Å²) in [5.41, 5.74) is 0.490. The summed E-state index contributed by atoms with van der Waals surface area (Å²) in [6.45, 7) is 6.35. The van der Waals surface area contributed by atoms with E-state index in [1.807, 2.05) is 4.90 Å². The Hall–Kier alpha value is -1.86. The van der Waals surface area contributed by atoms with Crippen LogP contribution in [0.5, 0.6) is 0 Å². The van der Waals surface area contributed by atoms with Gasteiger partial charge in [0.25, 0.3) is 0 Å². The average Bonchev–Trinajstić information content (AvgIpc) is 3.27. The SMILES string of the molecule is COC(=O)c1ccoc1CN1CCN(CC(=O)N2CCCC2)CC1. The molecule has 2 aliphatic heterocycles. The minimum atomic E-state index is -0.367. The first-order chi connectivity index (χ1) is 11.7. The minimum Gasteiger partial charge on any atom is -0.467 e. The summed E-state index contributed by atoms with van der Waals surface area (Å²) in [5, 5.41) is 0. The zero-order chi connectivity index (χ0) is 16.9. The molecule has 3 heterocycles. The molecule has 0 N–H and O–H groups in total. The number of methoxy groups -OCH3 is 1. The maximum absolute atomic E-state index is 12.2. The number of likely N-dealkylation sites (tertiary alicyclic amines) is 1.